The first-order chi connectivity index (χ1) is 9.16. The minimum atomic E-state index is -0.593. The molecule has 1 saturated carbocycles. The molecule has 0 bridgehead atoms. The second-order valence-corrected chi connectivity index (χ2v) is 5.39. The van der Waals surface area contributed by atoms with E-state index < -0.39 is 5.60 Å². The predicted molar refractivity (Wildman–Crippen MR) is 74.0 cm³/mol. The maximum absolute atomic E-state index is 10.4. The molecule has 100 valence electrons. The number of rotatable bonds is 3. The van der Waals surface area contributed by atoms with Crippen LogP contribution in [0.1, 0.15) is 25.7 Å². The average molecular weight is 258 g/mol. The third kappa shape index (κ3) is 2.51. The highest BCUT2D eigenvalue weighted by Crippen LogP contribution is 2.30. The Morgan fingerprint density at radius 2 is 1.84 bits per heavy atom. The first-order valence-corrected chi connectivity index (χ1v) is 6.69. The summed E-state index contributed by atoms with van der Waals surface area (Å²) < 4.78 is 0. The van der Waals surface area contributed by atoms with Crippen molar-refractivity contribution >= 4 is 17.0 Å². The fraction of sp³-hybridized carbons (Fsp3) is 0.500. The second kappa shape index (κ2) is 4.74. The van der Waals surface area contributed by atoms with Crippen LogP contribution in [0.2, 0.25) is 0 Å². The fourth-order valence-corrected chi connectivity index (χ4v) is 2.74. The van der Waals surface area contributed by atoms with Crippen molar-refractivity contribution in [3.8, 4) is 0 Å². The van der Waals surface area contributed by atoms with Gasteiger partial charge in [-0.2, -0.15) is 0 Å². The van der Waals surface area contributed by atoms with Gasteiger partial charge >= 0.3 is 0 Å². The van der Waals surface area contributed by atoms with Gasteiger partial charge < -0.3 is 10.0 Å². The van der Waals surface area contributed by atoms with E-state index in [2.05, 4.69) is 15.2 Å². The highest BCUT2D eigenvalue weighted by molar-refractivity contribution is 5.74. The molecule has 0 amide bonds. The molecule has 19 heavy (non-hydrogen) atoms. The largest absolute Gasteiger partial charge is 0.388 e. The van der Waals surface area contributed by atoms with Crippen molar-refractivity contribution in [3.63, 3.8) is 0 Å². The van der Waals surface area contributed by atoms with Crippen molar-refractivity contribution in [2.45, 2.75) is 31.3 Å². The molecular formula is C14H18N4O. The van der Waals surface area contributed by atoms with Crippen LogP contribution in [0.15, 0.2) is 24.3 Å². The minimum Gasteiger partial charge on any atom is -0.388 e. The quantitative estimate of drug-likeness (QED) is 0.909. The van der Waals surface area contributed by atoms with Crippen LogP contribution >= 0.6 is 0 Å². The number of anilines is 1. The summed E-state index contributed by atoms with van der Waals surface area (Å²) in [6.07, 6.45) is 3.92. The summed E-state index contributed by atoms with van der Waals surface area (Å²) in [5, 5.41) is 18.7. The molecule has 0 saturated heterocycles. The van der Waals surface area contributed by atoms with E-state index in [9.17, 15) is 5.11 Å². The van der Waals surface area contributed by atoms with Crippen LogP contribution in [0.3, 0.4) is 0 Å². The molecule has 1 aromatic heterocycles. The van der Waals surface area contributed by atoms with Gasteiger partial charge in [0.15, 0.2) is 0 Å². The molecule has 2 aromatic rings. The first kappa shape index (κ1) is 12.3. The SMILES string of the molecule is CN(CC1(O)CCCC1)c1nnc2ccccc2n1. The highest BCUT2D eigenvalue weighted by atomic mass is 16.3. The lowest BCUT2D eigenvalue weighted by atomic mass is 10.0. The van der Waals surface area contributed by atoms with Crippen LogP contribution in [0.5, 0.6) is 0 Å². The van der Waals surface area contributed by atoms with Crippen LogP contribution < -0.4 is 4.90 Å². The molecule has 1 aromatic carbocycles. The van der Waals surface area contributed by atoms with Crippen molar-refractivity contribution in [2.24, 2.45) is 0 Å². The van der Waals surface area contributed by atoms with Gasteiger partial charge in [-0.15, -0.1) is 10.2 Å². The van der Waals surface area contributed by atoms with Gasteiger partial charge in [-0.25, -0.2) is 4.98 Å². The zero-order chi connectivity index (χ0) is 13.3. The van der Waals surface area contributed by atoms with E-state index in [1.165, 1.54) is 0 Å². The molecule has 3 rings (SSSR count). The number of hydrogen-bond acceptors (Lipinski definition) is 5. The summed E-state index contributed by atoms with van der Waals surface area (Å²) in [6, 6.07) is 7.67. The van der Waals surface area contributed by atoms with Gasteiger partial charge in [0.05, 0.1) is 11.1 Å². The molecule has 1 aliphatic carbocycles. The lowest BCUT2D eigenvalue weighted by molar-refractivity contribution is 0.0556. The molecule has 0 unspecified atom stereocenters. The molecular weight excluding hydrogens is 240 g/mol. The summed E-state index contributed by atoms with van der Waals surface area (Å²) in [6.45, 7) is 0.563. The fourth-order valence-electron chi connectivity index (χ4n) is 2.74. The van der Waals surface area contributed by atoms with Crippen LogP contribution in [0.25, 0.3) is 11.0 Å². The Balaban J connectivity index is 1.83. The third-order valence-corrected chi connectivity index (χ3v) is 3.76. The standard InChI is InChI=1S/C14H18N4O/c1-18(10-14(19)8-4-5-9-14)13-15-11-6-2-3-7-12(11)16-17-13/h2-3,6-7,19H,4-5,8-10H2,1H3. The van der Waals surface area contributed by atoms with E-state index in [4.69, 9.17) is 0 Å². The maximum atomic E-state index is 10.4. The lowest BCUT2D eigenvalue weighted by Gasteiger charge is -2.28. The van der Waals surface area contributed by atoms with E-state index in [-0.39, 0.29) is 0 Å². The maximum Gasteiger partial charge on any atom is 0.245 e. The molecule has 5 heteroatoms. The van der Waals surface area contributed by atoms with Gasteiger partial charge in [-0.05, 0) is 25.0 Å². The number of nitrogens with zero attached hydrogens (tertiary/aromatic N) is 4. The van der Waals surface area contributed by atoms with E-state index in [0.717, 1.165) is 36.7 Å². The molecule has 5 nitrogen and oxygen atoms in total. The number of aliphatic hydroxyl groups is 1. The summed E-state index contributed by atoms with van der Waals surface area (Å²) in [5.41, 5.74) is 1.03. The summed E-state index contributed by atoms with van der Waals surface area (Å²) in [7, 11) is 1.90. The van der Waals surface area contributed by atoms with Crippen LogP contribution in [0, 0.1) is 0 Å². The Bertz CT molecular complexity index is 580. The summed E-state index contributed by atoms with van der Waals surface area (Å²) >= 11 is 0. The van der Waals surface area contributed by atoms with E-state index in [0.29, 0.717) is 12.5 Å². The number of para-hydroxylation sites is 1. The molecule has 1 N–H and O–H groups in total. The number of aromatic nitrogens is 3. The number of hydrogen-bond donors (Lipinski definition) is 1. The first-order valence-electron chi connectivity index (χ1n) is 6.69. The Morgan fingerprint density at radius 3 is 2.58 bits per heavy atom. The van der Waals surface area contributed by atoms with E-state index in [1.54, 1.807) is 0 Å². The number of fused-ring (bicyclic) bond motifs is 1. The van der Waals surface area contributed by atoms with Crippen molar-refractivity contribution < 1.29 is 5.11 Å². The summed E-state index contributed by atoms with van der Waals surface area (Å²) in [5.74, 6) is 0.569. The van der Waals surface area contributed by atoms with Gasteiger partial charge in [-0.1, -0.05) is 25.0 Å². The zero-order valence-corrected chi connectivity index (χ0v) is 11.1. The molecule has 1 aliphatic rings. The van der Waals surface area contributed by atoms with Crippen LogP contribution in [0.4, 0.5) is 5.95 Å². The molecule has 0 aliphatic heterocycles. The Hall–Kier alpha value is -1.75. The van der Waals surface area contributed by atoms with Crippen molar-refractivity contribution in [2.75, 3.05) is 18.5 Å². The van der Waals surface area contributed by atoms with Gasteiger partial charge in [0.25, 0.3) is 0 Å². The minimum absolute atomic E-state index is 0.563. The van der Waals surface area contributed by atoms with Gasteiger partial charge in [0.1, 0.15) is 5.52 Å². The molecule has 1 heterocycles. The van der Waals surface area contributed by atoms with Crippen LogP contribution in [-0.4, -0.2) is 39.5 Å². The monoisotopic (exact) mass is 258 g/mol. The Morgan fingerprint density at radius 1 is 1.16 bits per heavy atom. The number of benzene rings is 1. The third-order valence-electron chi connectivity index (χ3n) is 3.76. The van der Waals surface area contributed by atoms with Crippen molar-refractivity contribution in [1.29, 1.82) is 0 Å². The topological polar surface area (TPSA) is 62.1 Å². The van der Waals surface area contributed by atoms with Crippen molar-refractivity contribution in [3.05, 3.63) is 24.3 Å². The highest BCUT2D eigenvalue weighted by Gasteiger charge is 2.32. The van der Waals surface area contributed by atoms with E-state index in [1.807, 2.05) is 36.2 Å². The molecule has 1 fully saturated rings. The zero-order valence-electron chi connectivity index (χ0n) is 11.1. The van der Waals surface area contributed by atoms with Gasteiger partial charge in [-0.3, -0.25) is 0 Å². The van der Waals surface area contributed by atoms with Gasteiger partial charge in [0, 0.05) is 13.6 Å². The van der Waals surface area contributed by atoms with E-state index >= 15 is 0 Å². The Kier molecular flexibility index (Phi) is 3.06. The van der Waals surface area contributed by atoms with Gasteiger partial charge in [0.2, 0.25) is 5.95 Å². The molecule has 0 atom stereocenters. The lowest BCUT2D eigenvalue weighted by Crippen LogP contribution is -2.40. The Labute approximate surface area is 112 Å². The molecule has 0 radical (unpaired) electrons. The molecule has 0 spiro atoms. The second-order valence-electron chi connectivity index (χ2n) is 5.39. The predicted octanol–water partition coefficient (Wildman–Crippen LogP) is 1.77. The van der Waals surface area contributed by atoms with Crippen LogP contribution in [-0.2, 0) is 0 Å². The summed E-state index contributed by atoms with van der Waals surface area (Å²) in [4.78, 5) is 6.38. The smallest absolute Gasteiger partial charge is 0.245 e. The number of likely N-dealkylation sites (N-methyl/N-ethyl adjacent to an activating group) is 1. The average Bonchev–Trinajstić information content (AvgIpc) is 2.84. The normalized spacial score (nSPS) is 17.8. The van der Waals surface area contributed by atoms with Crippen molar-refractivity contribution in [1.82, 2.24) is 15.2 Å².